The first-order chi connectivity index (χ1) is 10.7. The van der Waals surface area contributed by atoms with Crippen molar-refractivity contribution in [3.8, 4) is 0 Å². The third kappa shape index (κ3) is 3.40. The second kappa shape index (κ2) is 6.65. The highest BCUT2D eigenvalue weighted by atomic mass is 16.5. The summed E-state index contributed by atoms with van der Waals surface area (Å²) in [6.07, 6.45) is 5.99. The van der Waals surface area contributed by atoms with E-state index in [2.05, 4.69) is 24.1 Å². The van der Waals surface area contributed by atoms with Gasteiger partial charge in [-0.25, -0.2) is 4.79 Å². The Morgan fingerprint density at radius 3 is 2.73 bits per heavy atom. The third-order valence-corrected chi connectivity index (χ3v) is 4.60. The minimum atomic E-state index is 0.0122. The number of amides is 2. The molecule has 2 aliphatic rings. The lowest BCUT2D eigenvalue weighted by molar-refractivity contribution is 0.00378. The van der Waals surface area contributed by atoms with Crippen LogP contribution in [0.1, 0.15) is 38.3 Å². The number of pyridine rings is 1. The zero-order valence-electron chi connectivity index (χ0n) is 13.4. The SMILES string of the molecule is CC(C)[C@H](NC(=O)N1CCOC[C@H]1C1CC1)c1ccncc1. The number of morpholine rings is 1. The van der Waals surface area contributed by atoms with Crippen LogP contribution in [-0.2, 0) is 4.74 Å². The molecule has 1 aromatic rings. The van der Waals surface area contributed by atoms with E-state index >= 15 is 0 Å². The number of nitrogens with zero attached hydrogens (tertiary/aromatic N) is 2. The summed E-state index contributed by atoms with van der Waals surface area (Å²) in [6, 6.07) is 4.25. The molecule has 0 bridgehead atoms. The number of hydrogen-bond donors (Lipinski definition) is 1. The van der Waals surface area contributed by atoms with Crippen molar-refractivity contribution in [1.29, 1.82) is 0 Å². The fraction of sp³-hybridized carbons (Fsp3) is 0.647. The fourth-order valence-electron chi connectivity index (χ4n) is 3.17. The molecule has 5 nitrogen and oxygen atoms in total. The van der Waals surface area contributed by atoms with Crippen molar-refractivity contribution in [2.24, 2.45) is 11.8 Å². The predicted molar refractivity (Wildman–Crippen MR) is 84.4 cm³/mol. The van der Waals surface area contributed by atoms with E-state index in [-0.39, 0.29) is 18.1 Å². The van der Waals surface area contributed by atoms with E-state index in [1.807, 2.05) is 17.0 Å². The van der Waals surface area contributed by atoms with Crippen molar-refractivity contribution in [3.63, 3.8) is 0 Å². The molecule has 2 amide bonds. The van der Waals surface area contributed by atoms with Crippen LogP contribution in [0.2, 0.25) is 0 Å². The van der Waals surface area contributed by atoms with Gasteiger partial charge in [0.15, 0.2) is 0 Å². The van der Waals surface area contributed by atoms with Gasteiger partial charge < -0.3 is 15.0 Å². The molecule has 120 valence electrons. The van der Waals surface area contributed by atoms with Gasteiger partial charge in [0.1, 0.15) is 0 Å². The second-order valence-corrected chi connectivity index (χ2v) is 6.62. The number of urea groups is 1. The third-order valence-electron chi connectivity index (χ3n) is 4.60. The minimum absolute atomic E-state index is 0.0122. The normalized spacial score (nSPS) is 23.4. The smallest absolute Gasteiger partial charge is 0.318 e. The minimum Gasteiger partial charge on any atom is -0.377 e. The maximum Gasteiger partial charge on any atom is 0.318 e. The molecule has 2 heterocycles. The van der Waals surface area contributed by atoms with Gasteiger partial charge in [-0.1, -0.05) is 13.8 Å². The molecule has 1 saturated carbocycles. The molecule has 1 aromatic heterocycles. The Kier molecular flexibility index (Phi) is 4.62. The maximum atomic E-state index is 12.8. The average Bonchev–Trinajstić information content (AvgIpc) is 3.38. The van der Waals surface area contributed by atoms with Crippen molar-refractivity contribution < 1.29 is 9.53 Å². The quantitative estimate of drug-likeness (QED) is 0.930. The highest BCUT2D eigenvalue weighted by Crippen LogP contribution is 2.36. The molecule has 22 heavy (non-hydrogen) atoms. The highest BCUT2D eigenvalue weighted by Gasteiger charge is 2.39. The van der Waals surface area contributed by atoms with Gasteiger partial charge in [-0.15, -0.1) is 0 Å². The van der Waals surface area contributed by atoms with E-state index in [0.717, 1.165) is 5.56 Å². The maximum absolute atomic E-state index is 12.8. The summed E-state index contributed by atoms with van der Waals surface area (Å²) >= 11 is 0. The largest absolute Gasteiger partial charge is 0.377 e. The molecule has 1 aliphatic heterocycles. The summed E-state index contributed by atoms with van der Waals surface area (Å²) < 4.78 is 5.57. The number of nitrogens with one attached hydrogen (secondary N) is 1. The van der Waals surface area contributed by atoms with Crippen molar-refractivity contribution in [2.75, 3.05) is 19.8 Å². The summed E-state index contributed by atoms with van der Waals surface area (Å²) in [7, 11) is 0. The summed E-state index contributed by atoms with van der Waals surface area (Å²) in [4.78, 5) is 18.8. The van der Waals surface area contributed by atoms with Gasteiger partial charge in [0.2, 0.25) is 0 Å². The van der Waals surface area contributed by atoms with Crippen molar-refractivity contribution >= 4 is 6.03 Å². The molecule has 0 aromatic carbocycles. The van der Waals surface area contributed by atoms with Gasteiger partial charge in [-0.3, -0.25) is 4.98 Å². The van der Waals surface area contributed by atoms with Gasteiger partial charge >= 0.3 is 6.03 Å². The van der Waals surface area contributed by atoms with E-state index < -0.39 is 0 Å². The van der Waals surface area contributed by atoms with Crippen LogP contribution in [0.15, 0.2) is 24.5 Å². The number of rotatable bonds is 4. The van der Waals surface area contributed by atoms with Crippen LogP contribution >= 0.6 is 0 Å². The molecule has 2 fully saturated rings. The zero-order chi connectivity index (χ0) is 15.5. The van der Waals surface area contributed by atoms with Crippen LogP contribution < -0.4 is 5.32 Å². The lowest BCUT2D eigenvalue weighted by Gasteiger charge is -2.37. The Balaban J connectivity index is 1.70. The van der Waals surface area contributed by atoms with Gasteiger partial charge in [-0.2, -0.15) is 0 Å². The molecule has 1 aliphatic carbocycles. The lowest BCUT2D eigenvalue weighted by atomic mass is 9.97. The molecule has 5 heteroatoms. The average molecular weight is 303 g/mol. The molecule has 1 N–H and O–H groups in total. The van der Waals surface area contributed by atoms with Gasteiger partial charge in [0.25, 0.3) is 0 Å². The lowest BCUT2D eigenvalue weighted by Crippen LogP contribution is -2.54. The Morgan fingerprint density at radius 2 is 2.09 bits per heavy atom. The van der Waals surface area contributed by atoms with Crippen LogP contribution in [0.25, 0.3) is 0 Å². The fourth-order valence-corrected chi connectivity index (χ4v) is 3.17. The van der Waals surface area contributed by atoms with Gasteiger partial charge in [0, 0.05) is 18.9 Å². The molecule has 3 rings (SSSR count). The first-order valence-electron chi connectivity index (χ1n) is 8.21. The molecule has 0 spiro atoms. The topological polar surface area (TPSA) is 54.5 Å². The summed E-state index contributed by atoms with van der Waals surface area (Å²) in [5.41, 5.74) is 1.11. The van der Waals surface area contributed by atoms with Crippen LogP contribution in [0.3, 0.4) is 0 Å². The number of carbonyl (C=O) groups is 1. The Morgan fingerprint density at radius 1 is 1.36 bits per heavy atom. The van der Waals surface area contributed by atoms with Crippen molar-refractivity contribution in [2.45, 2.75) is 38.8 Å². The van der Waals surface area contributed by atoms with Crippen LogP contribution in [0, 0.1) is 11.8 Å². The monoisotopic (exact) mass is 303 g/mol. The molecule has 0 radical (unpaired) electrons. The molecule has 0 unspecified atom stereocenters. The molecular weight excluding hydrogens is 278 g/mol. The second-order valence-electron chi connectivity index (χ2n) is 6.62. The standard InChI is InChI=1S/C17H25N3O2/c1-12(2)16(14-5-7-18-8-6-14)19-17(21)20-9-10-22-11-15(20)13-3-4-13/h5-8,12-13,15-16H,3-4,9-11H2,1-2H3,(H,19,21)/t15-,16-/m0/s1. The number of ether oxygens (including phenoxy) is 1. The summed E-state index contributed by atoms with van der Waals surface area (Å²) in [5.74, 6) is 0.955. The first kappa shape index (κ1) is 15.3. The van der Waals surface area contributed by atoms with E-state index in [1.54, 1.807) is 12.4 Å². The predicted octanol–water partition coefficient (Wildman–Crippen LogP) is 2.60. The van der Waals surface area contributed by atoms with E-state index in [1.165, 1.54) is 12.8 Å². The molecular formula is C17H25N3O2. The van der Waals surface area contributed by atoms with Crippen LogP contribution in [-0.4, -0.2) is 41.7 Å². The van der Waals surface area contributed by atoms with Crippen LogP contribution in [0.5, 0.6) is 0 Å². The van der Waals surface area contributed by atoms with Crippen molar-refractivity contribution in [1.82, 2.24) is 15.2 Å². The Labute approximate surface area is 132 Å². The van der Waals surface area contributed by atoms with Crippen molar-refractivity contribution in [3.05, 3.63) is 30.1 Å². The Hall–Kier alpha value is -1.62. The number of aromatic nitrogens is 1. The number of hydrogen-bond acceptors (Lipinski definition) is 3. The summed E-state index contributed by atoms with van der Waals surface area (Å²) in [6.45, 7) is 6.26. The highest BCUT2D eigenvalue weighted by molar-refractivity contribution is 5.75. The zero-order valence-corrected chi connectivity index (χ0v) is 13.4. The molecule has 1 saturated heterocycles. The van der Waals surface area contributed by atoms with Gasteiger partial charge in [0.05, 0.1) is 25.3 Å². The first-order valence-corrected chi connectivity index (χ1v) is 8.21. The Bertz CT molecular complexity index is 502. The van der Waals surface area contributed by atoms with E-state index in [0.29, 0.717) is 31.6 Å². The molecule has 2 atom stereocenters. The van der Waals surface area contributed by atoms with E-state index in [4.69, 9.17) is 4.74 Å². The van der Waals surface area contributed by atoms with Crippen LogP contribution in [0.4, 0.5) is 4.79 Å². The van der Waals surface area contributed by atoms with E-state index in [9.17, 15) is 4.79 Å². The number of carbonyl (C=O) groups excluding carboxylic acids is 1. The van der Waals surface area contributed by atoms with Gasteiger partial charge in [-0.05, 0) is 42.4 Å². The summed E-state index contributed by atoms with van der Waals surface area (Å²) in [5, 5.41) is 3.22.